The molecule has 1 saturated heterocycles. The smallest absolute Gasteiger partial charge is 0.227 e. The maximum atomic E-state index is 11.6. The lowest BCUT2D eigenvalue weighted by molar-refractivity contribution is -0.117. The highest BCUT2D eigenvalue weighted by Crippen LogP contribution is 2.25. The normalized spacial score (nSPS) is 20.8. The summed E-state index contributed by atoms with van der Waals surface area (Å²) in [6.07, 6.45) is 2.16. The zero-order chi connectivity index (χ0) is 10.8. The number of amides is 1. The average molecular weight is 205 g/mol. The second-order valence-corrected chi connectivity index (χ2v) is 3.63. The monoisotopic (exact) mass is 205 g/mol. The van der Waals surface area contributed by atoms with E-state index in [4.69, 9.17) is 4.74 Å². The first kappa shape index (κ1) is 9.96. The molecule has 1 aliphatic rings. The van der Waals surface area contributed by atoms with Crippen molar-refractivity contribution in [1.82, 2.24) is 4.98 Å². The third-order valence-corrected chi connectivity index (χ3v) is 2.44. The molecule has 1 aliphatic heterocycles. The van der Waals surface area contributed by atoms with Gasteiger partial charge in [-0.15, -0.1) is 0 Å². The maximum absolute atomic E-state index is 11.6. The predicted octanol–water partition coefficient (Wildman–Crippen LogP) is 1.28. The number of nitrogens with zero attached hydrogens (tertiary/aromatic N) is 2. The number of methoxy groups -OCH3 is 1. The molecule has 15 heavy (non-hydrogen) atoms. The lowest BCUT2D eigenvalue weighted by atomic mass is 10.2. The van der Waals surface area contributed by atoms with E-state index in [0.29, 0.717) is 18.8 Å². The molecule has 4 nitrogen and oxygen atoms in total. The Morgan fingerprint density at radius 2 is 2.47 bits per heavy atom. The van der Waals surface area contributed by atoms with E-state index in [1.807, 2.05) is 0 Å². The molecule has 1 radical (unpaired) electrons. The summed E-state index contributed by atoms with van der Waals surface area (Å²) in [5.74, 6) is 0.813. The number of carbonyl (C=O) groups excluding carboxylic acids is 1. The number of carbonyl (C=O) groups is 1. The molecule has 2 rings (SSSR count). The van der Waals surface area contributed by atoms with Gasteiger partial charge in [0.2, 0.25) is 11.8 Å². The maximum Gasteiger partial charge on any atom is 0.227 e. The van der Waals surface area contributed by atoms with E-state index >= 15 is 0 Å². The molecule has 0 N–H and O–H groups in total. The Balaban J connectivity index is 2.25. The minimum Gasteiger partial charge on any atom is -0.481 e. The Morgan fingerprint density at radius 3 is 3.07 bits per heavy atom. The number of rotatable bonds is 2. The third kappa shape index (κ3) is 1.93. The summed E-state index contributed by atoms with van der Waals surface area (Å²) in [7, 11) is 1.56. The number of hydrogen-bond donors (Lipinski definition) is 0. The Hall–Kier alpha value is -1.58. The van der Waals surface area contributed by atoms with Crippen LogP contribution in [-0.2, 0) is 4.79 Å². The Kier molecular flexibility index (Phi) is 2.58. The van der Waals surface area contributed by atoms with E-state index in [-0.39, 0.29) is 11.8 Å². The quantitative estimate of drug-likeness (QED) is 0.730. The zero-order valence-corrected chi connectivity index (χ0v) is 8.64. The molecule has 0 saturated carbocycles. The molecule has 1 fully saturated rings. The van der Waals surface area contributed by atoms with E-state index in [2.05, 4.69) is 11.9 Å². The van der Waals surface area contributed by atoms with Gasteiger partial charge in [0.25, 0.3) is 0 Å². The molecule has 1 aromatic heterocycles. The van der Waals surface area contributed by atoms with Crippen LogP contribution in [0.25, 0.3) is 0 Å². The molecule has 1 aromatic rings. The van der Waals surface area contributed by atoms with Crippen molar-refractivity contribution < 1.29 is 9.53 Å². The minimum absolute atomic E-state index is 0.114. The van der Waals surface area contributed by atoms with Crippen molar-refractivity contribution in [2.75, 3.05) is 18.6 Å². The number of ether oxygens (including phenoxy) is 1. The van der Waals surface area contributed by atoms with E-state index in [9.17, 15) is 4.79 Å². The van der Waals surface area contributed by atoms with Gasteiger partial charge in [-0.05, 0) is 18.9 Å². The van der Waals surface area contributed by atoms with E-state index in [1.165, 1.54) is 0 Å². The summed E-state index contributed by atoms with van der Waals surface area (Å²) in [5.41, 5.74) is 0.831. The molecular weight excluding hydrogens is 192 g/mol. The molecule has 2 heterocycles. The number of anilines is 1. The van der Waals surface area contributed by atoms with Crippen LogP contribution in [0.2, 0.25) is 0 Å². The lowest BCUT2D eigenvalue weighted by Gasteiger charge is -2.16. The standard InChI is InChI=1S/C11H13N2O2/c1-8-5-11(14)13(7-8)9-3-4-12-10(6-9)15-2/h3-4,6,8H,1,5,7H2,2H3. The summed E-state index contributed by atoms with van der Waals surface area (Å²) in [6.45, 7) is 4.57. The van der Waals surface area contributed by atoms with E-state index in [1.54, 1.807) is 30.3 Å². The van der Waals surface area contributed by atoms with Gasteiger partial charge in [-0.1, -0.05) is 0 Å². The summed E-state index contributed by atoms with van der Waals surface area (Å²) in [4.78, 5) is 17.3. The summed E-state index contributed by atoms with van der Waals surface area (Å²) in [5, 5.41) is 0. The molecule has 0 spiro atoms. The lowest BCUT2D eigenvalue weighted by Crippen LogP contribution is -2.24. The second-order valence-electron chi connectivity index (χ2n) is 3.63. The van der Waals surface area contributed by atoms with Crippen molar-refractivity contribution in [3.05, 3.63) is 25.3 Å². The van der Waals surface area contributed by atoms with Crippen molar-refractivity contribution in [3.63, 3.8) is 0 Å². The average Bonchev–Trinajstić information content (AvgIpc) is 2.58. The van der Waals surface area contributed by atoms with Crippen molar-refractivity contribution in [3.8, 4) is 5.88 Å². The van der Waals surface area contributed by atoms with Gasteiger partial charge in [0, 0.05) is 25.2 Å². The molecule has 1 atom stereocenters. The molecule has 0 aliphatic carbocycles. The number of aromatic nitrogens is 1. The van der Waals surface area contributed by atoms with Crippen LogP contribution in [0, 0.1) is 12.8 Å². The van der Waals surface area contributed by atoms with Gasteiger partial charge in [-0.3, -0.25) is 4.79 Å². The SMILES string of the molecule is [CH2]C1CC(=O)N(c2ccnc(OC)c2)C1. The van der Waals surface area contributed by atoms with Gasteiger partial charge in [0.15, 0.2) is 0 Å². The highest BCUT2D eigenvalue weighted by molar-refractivity contribution is 5.95. The molecule has 4 heteroatoms. The Morgan fingerprint density at radius 1 is 1.67 bits per heavy atom. The highest BCUT2D eigenvalue weighted by atomic mass is 16.5. The summed E-state index contributed by atoms with van der Waals surface area (Å²) in [6, 6.07) is 3.56. The van der Waals surface area contributed by atoms with Gasteiger partial charge in [0.1, 0.15) is 0 Å². The van der Waals surface area contributed by atoms with Gasteiger partial charge in [-0.2, -0.15) is 0 Å². The number of pyridine rings is 1. The van der Waals surface area contributed by atoms with Crippen LogP contribution in [0.4, 0.5) is 5.69 Å². The van der Waals surface area contributed by atoms with Crippen LogP contribution in [0.1, 0.15) is 6.42 Å². The van der Waals surface area contributed by atoms with Gasteiger partial charge < -0.3 is 9.64 Å². The summed E-state index contributed by atoms with van der Waals surface area (Å²) >= 11 is 0. The van der Waals surface area contributed by atoms with E-state index < -0.39 is 0 Å². The van der Waals surface area contributed by atoms with Crippen LogP contribution < -0.4 is 9.64 Å². The van der Waals surface area contributed by atoms with Crippen molar-refractivity contribution in [2.24, 2.45) is 5.92 Å². The largest absolute Gasteiger partial charge is 0.481 e. The van der Waals surface area contributed by atoms with Gasteiger partial charge in [0.05, 0.1) is 12.8 Å². The van der Waals surface area contributed by atoms with Crippen LogP contribution in [0.3, 0.4) is 0 Å². The molecule has 0 aromatic carbocycles. The highest BCUT2D eigenvalue weighted by Gasteiger charge is 2.27. The summed E-state index contributed by atoms with van der Waals surface area (Å²) < 4.78 is 5.01. The first-order valence-corrected chi connectivity index (χ1v) is 4.84. The first-order valence-electron chi connectivity index (χ1n) is 4.84. The van der Waals surface area contributed by atoms with Crippen LogP contribution in [-0.4, -0.2) is 24.5 Å². The number of hydrogen-bond acceptors (Lipinski definition) is 3. The van der Waals surface area contributed by atoms with E-state index in [0.717, 1.165) is 5.69 Å². The molecule has 0 bridgehead atoms. The fourth-order valence-electron chi connectivity index (χ4n) is 1.71. The van der Waals surface area contributed by atoms with Crippen LogP contribution in [0.15, 0.2) is 18.3 Å². The third-order valence-electron chi connectivity index (χ3n) is 2.44. The van der Waals surface area contributed by atoms with Crippen LogP contribution >= 0.6 is 0 Å². The Bertz CT molecular complexity index is 379. The topological polar surface area (TPSA) is 42.4 Å². The van der Waals surface area contributed by atoms with Gasteiger partial charge in [-0.25, -0.2) is 4.98 Å². The molecule has 1 amide bonds. The Labute approximate surface area is 88.9 Å². The van der Waals surface area contributed by atoms with Gasteiger partial charge >= 0.3 is 0 Å². The van der Waals surface area contributed by atoms with Crippen molar-refractivity contribution >= 4 is 11.6 Å². The zero-order valence-electron chi connectivity index (χ0n) is 8.64. The predicted molar refractivity (Wildman–Crippen MR) is 56.6 cm³/mol. The molecule has 1 unspecified atom stereocenters. The fourth-order valence-corrected chi connectivity index (χ4v) is 1.71. The van der Waals surface area contributed by atoms with Crippen molar-refractivity contribution in [2.45, 2.75) is 6.42 Å². The second kappa shape index (κ2) is 3.88. The molecular formula is C11H13N2O2. The minimum atomic E-state index is 0.114. The van der Waals surface area contributed by atoms with Crippen molar-refractivity contribution in [1.29, 1.82) is 0 Å². The first-order chi connectivity index (χ1) is 7.20. The molecule has 79 valence electrons. The fraction of sp³-hybridized carbons (Fsp3) is 0.364. The van der Waals surface area contributed by atoms with Crippen LogP contribution in [0.5, 0.6) is 5.88 Å².